The predicted octanol–water partition coefficient (Wildman–Crippen LogP) is 3.25. The van der Waals surface area contributed by atoms with E-state index < -0.39 is 11.3 Å². The number of carbonyl (C=O) groups excluding carboxylic acids is 1. The van der Waals surface area contributed by atoms with Crippen LogP contribution in [0.1, 0.15) is 16.1 Å². The zero-order chi connectivity index (χ0) is 17.6. The summed E-state index contributed by atoms with van der Waals surface area (Å²) in [5.74, 6) is 0.0372. The normalized spacial score (nSPS) is 10.3. The minimum atomic E-state index is -0.464. The summed E-state index contributed by atoms with van der Waals surface area (Å²) >= 11 is 6.05. The monoisotopic (exact) mass is 355 g/mol. The molecule has 0 spiro atoms. The van der Waals surface area contributed by atoms with Crippen molar-refractivity contribution in [1.82, 2.24) is 9.97 Å². The molecule has 0 bridgehead atoms. The average molecular weight is 356 g/mol. The Morgan fingerprint density at radius 2 is 2.00 bits per heavy atom. The van der Waals surface area contributed by atoms with Crippen molar-refractivity contribution >= 4 is 23.3 Å². The molecule has 25 heavy (non-hydrogen) atoms. The lowest BCUT2D eigenvalue weighted by Gasteiger charge is -2.08. The lowest BCUT2D eigenvalue weighted by molar-refractivity contribution is 0.102. The molecule has 0 fully saturated rings. The lowest BCUT2D eigenvalue weighted by atomic mass is 10.2. The number of nitrogens with zero attached hydrogens (tertiary/aromatic N) is 1. The van der Waals surface area contributed by atoms with Crippen LogP contribution in [0.5, 0.6) is 5.75 Å². The predicted molar refractivity (Wildman–Crippen MR) is 95.0 cm³/mol. The second-order valence-corrected chi connectivity index (χ2v) is 5.53. The summed E-state index contributed by atoms with van der Waals surface area (Å²) < 4.78 is 5.48. The number of halogens is 1. The first kappa shape index (κ1) is 16.7. The number of ether oxygens (including phenoxy) is 1. The fourth-order valence-electron chi connectivity index (χ4n) is 2.09. The van der Waals surface area contributed by atoms with Gasteiger partial charge >= 0.3 is 0 Å². The molecule has 0 aliphatic carbocycles. The van der Waals surface area contributed by atoms with Crippen LogP contribution in [0.2, 0.25) is 5.02 Å². The van der Waals surface area contributed by atoms with Crippen LogP contribution in [0.3, 0.4) is 0 Å². The number of H-pyrrole nitrogens is 1. The first-order chi connectivity index (χ1) is 12.1. The van der Waals surface area contributed by atoms with Gasteiger partial charge < -0.3 is 15.0 Å². The van der Waals surface area contributed by atoms with E-state index in [1.54, 1.807) is 30.5 Å². The van der Waals surface area contributed by atoms with Crippen molar-refractivity contribution in [3.63, 3.8) is 0 Å². The molecule has 0 saturated carbocycles. The largest absolute Gasteiger partial charge is 0.483 e. The smallest absolute Gasteiger partial charge is 0.273 e. The fourth-order valence-corrected chi connectivity index (χ4v) is 2.28. The van der Waals surface area contributed by atoms with Crippen LogP contribution in [0.4, 0.5) is 5.82 Å². The van der Waals surface area contributed by atoms with Crippen molar-refractivity contribution < 1.29 is 9.53 Å². The summed E-state index contributed by atoms with van der Waals surface area (Å²) in [6, 6.07) is 13.5. The molecule has 1 aromatic carbocycles. The van der Waals surface area contributed by atoms with E-state index in [4.69, 9.17) is 16.3 Å². The highest BCUT2D eigenvalue weighted by Gasteiger charge is 2.11. The molecule has 2 N–H and O–H groups in total. The second-order valence-electron chi connectivity index (χ2n) is 5.12. The number of nitrogens with one attached hydrogen (secondary N) is 2. The van der Waals surface area contributed by atoms with Crippen LogP contribution in [-0.4, -0.2) is 15.9 Å². The standard InChI is InChI=1S/C18H14ClN3O3/c19-13-6-2-1-5-12(13)11-25-16-10-21-14(9-15(16)23)18(24)22-17-7-3-4-8-20-17/h1-10H,11H2,(H,21,23)(H,20,22,24). The molecule has 2 aromatic heterocycles. The molecule has 0 atom stereocenters. The van der Waals surface area contributed by atoms with Crippen molar-refractivity contribution in [2.75, 3.05) is 5.32 Å². The van der Waals surface area contributed by atoms with E-state index in [1.807, 2.05) is 18.2 Å². The number of hydrogen-bond donors (Lipinski definition) is 2. The fraction of sp³-hybridized carbons (Fsp3) is 0.0556. The van der Waals surface area contributed by atoms with Gasteiger partial charge in [-0.25, -0.2) is 4.98 Å². The highest BCUT2D eigenvalue weighted by Crippen LogP contribution is 2.16. The van der Waals surface area contributed by atoms with E-state index in [2.05, 4.69) is 15.3 Å². The molecular weight excluding hydrogens is 342 g/mol. The topological polar surface area (TPSA) is 84.1 Å². The molecule has 0 radical (unpaired) electrons. The molecule has 1 amide bonds. The first-order valence-electron chi connectivity index (χ1n) is 7.45. The molecule has 0 saturated heterocycles. The van der Waals surface area contributed by atoms with E-state index in [-0.39, 0.29) is 18.1 Å². The first-order valence-corrected chi connectivity index (χ1v) is 7.82. The van der Waals surface area contributed by atoms with Gasteiger partial charge in [-0.15, -0.1) is 0 Å². The third kappa shape index (κ3) is 4.24. The second kappa shape index (κ2) is 7.63. The number of benzene rings is 1. The van der Waals surface area contributed by atoms with Crippen LogP contribution in [0.15, 0.2) is 65.7 Å². The maximum atomic E-state index is 12.1. The van der Waals surface area contributed by atoms with E-state index in [1.165, 1.54) is 12.3 Å². The van der Waals surface area contributed by atoms with Gasteiger partial charge in [-0.3, -0.25) is 9.59 Å². The van der Waals surface area contributed by atoms with Gasteiger partial charge in [0, 0.05) is 29.0 Å². The van der Waals surface area contributed by atoms with Crippen LogP contribution < -0.4 is 15.5 Å². The van der Waals surface area contributed by atoms with Gasteiger partial charge in [0.2, 0.25) is 5.43 Å². The van der Waals surface area contributed by atoms with Gasteiger partial charge in [0.15, 0.2) is 5.75 Å². The van der Waals surface area contributed by atoms with E-state index in [9.17, 15) is 9.59 Å². The van der Waals surface area contributed by atoms with E-state index in [0.717, 1.165) is 5.56 Å². The van der Waals surface area contributed by atoms with Crippen molar-refractivity contribution in [2.45, 2.75) is 6.61 Å². The van der Waals surface area contributed by atoms with Gasteiger partial charge in [-0.05, 0) is 18.2 Å². The molecule has 126 valence electrons. The van der Waals surface area contributed by atoms with Gasteiger partial charge in [0.1, 0.15) is 18.1 Å². The van der Waals surface area contributed by atoms with E-state index in [0.29, 0.717) is 10.8 Å². The summed E-state index contributed by atoms with van der Waals surface area (Å²) in [4.78, 5) is 31.0. The maximum Gasteiger partial charge on any atom is 0.273 e. The molecule has 2 heterocycles. The molecule has 0 unspecified atom stereocenters. The summed E-state index contributed by atoms with van der Waals surface area (Å²) in [5.41, 5.74) is 0.471. The van der Waals surface area contributed by atoms with Gasteiger partial charge in [0.25, 0.3) is 5.91 Å². The van der Waals surface area contributed by atoms with Crippen molar-refractivity contribution in [1.29, 1.82) is 0 Å². The maximum absolute atomic E-state index is 12.1. The zero-order valence-electron chi connectivity index (χ0n) is 13.0. The molecule has 3 rings (SSSR count). The Morgan fingerprint density at radius 1 is 1.20 bits per heavy atom. The highest BCUT2D eigenvalue weighted by molar-refractivity contribution is 6.31. The average Bonchev–Trinajstić information content (AvgIpc) is 2.62. The number of aromatic amines is 1. The summed E-state index contributed by atoms with van der Waals surface area (Å²) in [6.45, 7) is 0.155. The number of amides is 1. The van der Waals surface area contributed by atoms with Crippen LogP contribution >= 0.6 is 11.6 Å². The van der Waals surface area contributed by atoms with Crippen molar-refractivity contribution in [2.24, 2.45) is 0 Å². The Balaban J connectivity index is 1.69. The number of hydrogen-bond acceptors (Lipinski definition) is 4. The minimum Gasteiger partial charge on any atom is -0.483 e. The minimum absolute atomic E-state index is 0.106. The Kier molecular flexibility index (Phi) is 5.11. The summed E-state index contributed by atoms with van der Waals surface area (Å²) in [5, 5.41) is 3.15. The Labute approximate surface area is 148 Å². The zero-order valence-corrected chi connectivity index (χ0v) is 13.8. The number of aromatic nitrogens is 2. The molecule has 0 aliphatic rings. The SMILES string of the molecule is O=C(Nc1ccccn1)c1cc(=O)c(OCc2ccccc2Cl)c[nH]1. The molecule has 3 aromatic rings. The lowest BCUT2D eigenvalue weighted by Crippen LogP contribution is -2.18. The van der Waals surface area contributed by atoms with Crippen LogP contribution in [0, 0.1) is 0 Å². The molecule has 6 nitrogen and oxygen atoms in total. The third-order valence-electron chi connectivity index (χ3n) is 3.37. The Hall–Kier alpha value is -3.12. The van der Waals surface area contributed by atoms with E-state index >= 15 is 0 Å². The Bertz CT molecular complexity index is 942. The van der Waals surface area contributed by atoms with Crippen LogP contribution in [0.25, 0.3) is 0 Å². The number of pyridine rings is 2. The Morgan fingerprint density at radius 3 is 2.72 bits per heavy atom. The van der Waals surface area contributed by atoms with Crippen LogP contribution in [-0.2, 0) is 6.61 Å². The quantitative estimate of drug-likeness (QED) is 0.735. The van der Waals surface area contributed by atoms with Crippen molar-refractivity contribution in [3.05, 3.63) is 87.4 Å². The molecular formula is C18H14ClN3O3. The van der Waals surface area contributed by atoms with Gasteiger partial charge in [0.05, 0.1) is 0 Å². The van der Waals surface area contributed by atoms with Gasteiger partial charge in [-0.2, -0.15) is 0 Å². The summed E-state index contributed by atoms with van der Waals surface area (Å²) in [6.07, 6.45) is 2.91. The molecule has 7 heteroatoms. The number of rotatable bonds is 5. The number of carbonyl (C=O) groups is 1. The van der Waals surface area contributed by atoms with Crippen molar-refractivity contribution in [3.8, 4) is 5.75 Å². The van der Waals surface area contributed by atoms with Gasteiger partial charge in [-0.1, -0.05) is 35.9 Å². The molecule has 0 aliphatic heterocycles. The highest BCUT2D eigenvalue weighted by atomic mass is 35.5. The third-order valence-corrected chi connectivity index (χ3v) is 3.74. The number of anilines is 1. The summed E-state index contributed by atoms with van der Waals surface area (Å²) in [7, 11) is 0.